The molecule has 3 rings (SSSR count). The fourth-order valence-corrected chi connectivity index (χ4v) is 2.29. The van der Waals surface area contributed by atoms with Crippen molar-refractivity contribution in [3.63, 3.8) is 0 Å². The van der Waals surface area contributed by atoms with Gasteiger partial charge in [0, 0.05) is 5.69 Å². The first-order chi connectivity index (χ1) is 12.7. The molecule has 0 spiro atoms. The van der Waals surface area contributed by atoms with Crippen molar-refractivity contribution in [1.29, 1.82) is 0 Å². The number of hydrogen-bond acceptors (Lipinski definition) is 6. The lowest BCUT2D eigenvalue weighted by Crippen LogP contribution is -2.21. The molecule has 7 nitrogen and oxygen atoms in total. The topological polar surface area (TPSA) is 89.1 Å². The SMILES string of the molecule is COc1ccc(Oc2nc(C)ccc2C(=NCc2ccco2)NO)cc1. The summed E-state index contributed by atoms with van der Waals surface area (Å²) >= 11 is 0. The number of benzene rings is 1. The van der Waals surface area contributed by atoms with Crippen LogP contribution in [0.3, 0.4) is 0 Å². The third-order valence-electron chi connectivity index (χ3n) is 3.61. The number of aliphatic imine (C=N–C) groups is 1. The molecule has 2 heterocycles. The molecule has 26 heavy (non-hydrogen) atoms. The van der Waals surface area contributed by atoms with Crippen molar-refractivity contribution >= 4 is 5.84 Å². The lowest BCUT2D eigenvalue weighted by Gasteiger charge is -2.12. The fourth-order valence-electron chi connectivity index (χ4n) is 2.29. The summed E-state index contributed by atoms with van der Waals surface area (Å²) < 4.78 is 16.3. The second kappa shape index (κ2) is 8.17. The van der Waals surface area contributed by atoms with E-state index in [2.05, 4.69) is 15.5 Å². The van der Waals surface area contributed by atoms with Gasteiger partial charge in [-0.2, -0.15) is 0 Å². The number of rotatable bonds is 6. The van der Waals surface area contributed by atoms with Crippen LogP contribution in [-0.2, 0) is 6.54 Å². The molecule has 0 aliphatic carbocycles. The summed E-state index contributed by atoms with van der Waals surface area (Å²) in [5.41, 5.74) is 3.42. The van der Waals surface area contributed by atoms with Crippen molar-refractivity contribution in [3.05, 3.63) is 71.8 Å². The van der Waals surface area contributed by atoms with Crippen LogP contribution in [0.1, 0.15) is 17.0 Å². The molecule has 7 heteroatoms. The molecule has 0 amide bonds. The Hall–Kier alpha value is -3.32. The molecule has 2 N–H and O–H groups in total. The maximum absolute atomic E-state index is 9.52. The van der Waals surface area contributed by atoms with E-state index in [0.29, 0.717) is 23.0 Å². The first-order valence-corrected chi connectivity index (χ1v) is 7.96. The van der Waals surface area contributed by atoms with Crippen LogP contribution < -0.4 is 15.0 Å². The van der Waals surface area contributed by atoms with Crippen molar-refractivity contribution in [2.75, 3.05) is 7.11 Å². The maximum Gasteiger partial charge on any atom is 0.230 e. The molecule has 0 bridgehead atoms. The lowest BCUT2D eigenvalue weighted by atomic mass is 10.2. The molecule has 0 aliphatic rings. The van der Waals surface area contributed by atoms with E-state index in [4.69, 9.17) is 13.9 Å². The average molecular weight is 353 g/mol. The molecule has 0 radical (unpaired) electrons. The number of amidine groups is 1. The highest BCUT2D eigenvalue weighted by molar-refractivity contribution is 6.00. The van der Waals surface area contributed by atoms with Crippen molar-refractivity contribution in [1.82, 2.24) is 10.5 Å². The predicted molar refractivity (Wildman–Crippen MR) is 95.9 cm³/mol. The zero-order chi connectivity index (χ0) is 18.4. The molecule has 0 aliphatic heterocycles. The monoisotopic (exact) mass is 353 g/mol. The molecule has 134 valence electrons. The van der Waals surface area contributed by atoms with Gasteiger partial charge in [0.2, 0.25) is 5.88 Å². The van der Waals surface area contributed by atoms with Gasteiger partial charge in [0.25, 0.3) is 0 Å². The predicted octanol–water partition coefficient (Wildman–Crippen LogP) is 3.71. The van der Waals surface area contributed by atoms with Crippen LogP contribution in [0.15, 0.2) is 64.2 Å². The van der Waals surface area contributed by atoms with E-state index in [1.807, 2.05) is 13.0 Å². The summed E-state index contributed by atoms with van der Waals surface area (Å²) in [4.78, 5) is 8.75. The lowest BCUT2D eigenvalue weighted by molar-refractivity contribution is 0.234. The number of methoxy groups -OCH3 is 1. The standard InChI is InChI=1S/C19H19N3O4/c1-13-5-10-17(18(22-23)20-12-16-4-3-11-25-16)19(21-13)26-15-8-6-14(24-2)7-9-15/h3-11,23H,12H2,1-2H3,(H,20,22). The molecule has 0 saturated heterocycles. The number of pyridine rings is 1. The minimum absolute atomic E-state index is 0.234. The van der Waals surface area contributed by atoms with Gasteiger partial charge in [-0.05, 0) is 55.5 Å². The van der Waals surface area contributed by atoms with E-state index in [1.54, 1.807) is 55.8 Å². The van der Waals surface area contributed by atoms with Gasteiger partial charge in [-0.25, -0.2) is 4.98 Å². The summed E-state index contributed by atoms with van der Waals surface area (Å²) in [5, 5.41) is 9.52. The average Bonchev–Trinajstić information content (AvgIpc) is 3.18. The molecule has 1 aromatic carbocycles. The summed E-state index contributed by atoms with van der Waals surface area (Å²) in [6.45, 7) is 2.13. The molecule has 3 aromatic rings. The largest absolute Gasteiger partial charge is 0.497 e. The van der Waals surface area contributed by atoms with Gasteiger partial charge < -0.3 is 13.9 Å². The number of aryl methyl sites for hydroxylation is 1. The van der Waals surface area contributed by atoms with Crippen LogP contribution in [-0.4, -0.2) is 23.1 Å². The van der Waals surface area contributed by atoms with Crippen LogP contribution in [0.2, 0.25) is 0 Å². The number of ether oxygens (including phenoxy) is 2. The van der Waals surface area contributed by atoms with Gasteiger partial charge in [0.05, 0.1) is 25.5 Å². The van der Waals surface area contributed by atoms with Crippen molar-refractivity contribution in [3.8, 4) is 17.4 Å². The number of nitrogens with zero attached hydrogens (tertiary/aromatic N) is 2. The molecule has 2 aromatic heterocycles. The molecule has 0 saturated carbocycles. The molecule has 0 fully saturated rings. The maximum atomic E-state index is 9.52. The van der Waals surface area contributed by atoms with Gasteiger partial charge in [0.1, 0.15) is 17.3 Å². The van der Waals surface area contributed by atoms with Gasteiger partial charge >= 0.3 is 0 Å². The molecular weight excluding hydrogens is 334 g/mol. The van der Waals surface area contributed by atoms with Crippen molar-refractivity contribution < 1.29 is 19.1 Å². The number of hydrogen-bond donors (Lipinski definition) is 2. The van der Waals surface area contributed by atoms with E-state index < -0.39 is 0 Å². The van der Waals surface area contributed by atoms with Crippen molar-refractivity contribution in [2.45, 2.75) is 13.5 Å². The highest BCUT2D eigenvalue weighted by atomic mass is 16.5. The van der Waals surface area contributed by atoms with E-state index in [1.165, 1.54) is 0 Å². The zero-order valence-electron chi connectivity index (χ0n) is 14.5. The van der Waals surface area contributed by atoms with E-state index >= 15 is 0 Å². The summed E-state index contributed by atoms with van der Waals surface area (Å²) in [7, 11) is 1.60. The first-order valence-electron chi connectivity index (χ1n) is 7.96. The summed E-state index contributed by atoms with van der Waals surface area (Å²) in [6, 6.07) is 14.3. The molecule has 0 unspecified atom stereocenters. The van der Waals surface area contributed by atoms with Crippen LogP contribution in [0.5, 0.6) is 17.4 Å². The first kappa shape index (κ1) is 17.5. The Morgan fingerprint density at radius 3 is 2.58 bits per heavy atom. The minimum Gasteiger partial charge on any atom is -0.497 e. The van der Waals surface area contributed by atoms with E-state index in [9.17, 15) is 5.21 Å². The van der Waals surface area contributed by atoms with Gasteiger partial charge in [-0.1, -0.05) is 0 Å². The smallest absolute Gasteiger partial charge is 0.230 e. The van der Waals surface area contributed by atoms with Gasteiger partial charge in [-0.15, -0.1) is 0 Å². The Morgan fingerprint density at radius 2 is 1.92 bits per heavy atom. The quantitative estimate of drug-likeness (QED) is 0.399. The van der Waals surface area contributed by atoms with Crippen LogP contribution >= 0.6 is 0 Å². The number of nitrogens with one attached hydrogen (secondary N) is 1. The second-order valence-corrected chi connectivity index (χ2v) is 5.44. The van der Waals surface area contributed by atoms with Crippen LogP contribution in [0.25, 0.3) is 0 Å². The van der Waals surface area contributed by atoms with Gasteiger partial charge in [-0.3, -0.25) is 15.7 Å². The van der Waals surface area contributed by atoms with Crippen molar-refractivity contribution in [2.24, 2.45) is 4.99 Å². The number of hydroxylamine groups is 1. The summed E-state index contributed by atoms with van der Waals surface area (Å²) in [5.74, 6) is 2.56. The Kier molecular flexibility index (Phi) is 5.50. The highest BCUT2D eigenvalue weighted by Crippen LogP contribution is 2.26. The third-order valence-corrected chi connectivity index (χ3v) is 3.61. The highest BCUT2D eigenvalue weighted by Gasteiger charge is 2.14. The Bertz CT molecular complexity index is 874. The van der Waals surface area contributed by atoms with Crippen LogP contribution in [0.4, 0.5) is 0 Å². The Labute approximate surface area is 150 Å². The van der Waals surface area contributed by atoms with Gasteiger partial charge in [0.15, 0.2) is 5.84 Å². The third kappa shape index (κ3) is 4.20. The number of furan rings is 1. The fraction of sp³-hybridized carbons (Fsp3) is 0.158. The van der Waals surface area contributed by atoms with Crippen LogP contribution in [0, 0.1) is 6.92 Å². The minimum atomic E-state index is 0.234. The van der Waals surface area contributed by atoms with E-state index in [0.717, 1.165) is 11.4 Å². The Balaban J connectivity index is 1.89. The second-order valence-electron chi connectivity index (χ2n) is 5.44. The molecule has 0 atom stereocenters. The Morgan fingerprint density at radius 1 is 1.15 bits per heavy atom. The van der Waals surface area contributed by atoms with E-state index in [-0.39, 0.29) is 12.4 Å². The zero-order valence-corrected chi connectivity index (χ0v) is 14.5. The molecular formula is C19H19N3O4. The number of aromatic nitrogens is 1. The normalized spacial score (nSPS) is 11.3. The summed E-state index contributed by atoms with van der Waals surface area (Å²) in [6.07, 6.45) is 1.57.